The van der Waals surface area contributed by atoms with Crippen LogP contribution in [-0.2, 0) is 9.59 Å². The summed E-state index contributed by atoms with van der Waals surface area (Å²) in [6.07, 6.45) is -10.2. The molecule has 0 aliphatic rings. The molecule has 5 aromatic carbocycles. The predicted molar refractivity (Wildman–Crippen MR) is 235 cm³/mol. The number of alkyl halides is 6. The molecule has 2 atom stereocenters. The number of ketones is 2. The summed E-state index contributed by atoms with van der Waals surface area (Å²) in [4.78, 5) is 52.2. The van der Waals surface area contributed by atoms with Crippen LogP contribution in [0.2, 0.25) is 0 Å². The molecule has 5 rings (SSSR count). The number of anilines is 2. The standard InChI is InChI=1S/C49H44F6N2O10/c50-48(51,52)25-1-27-64-35-14-18-37(19-15-35)66-46(62)32-9-3-30(4-10-32)7-23-41(58)44(60)43(39-22-13-34(56)29-40(39)57)45(61)42(59)24-8-31-5-11-33(12-6-31)47(63)67-38-20-16-36(17-21-38)65-28-2-26-49(53,54)55/h3-24,29,43-45,60-61H,1-2,25-28,56-57H2/b23-7+,24-8+. The van der Waals surface area contributed by atoms with Crippen LogP contribution in [0.25, 0.3) is 12.2 Å². The second kappa shape index (κ2) is 23.1. The van der Waals surface area contributed by atoms with Gasteiger partial charge in [-0.05, 0) is 127 Å². The van der Waals surface area contributed by atoms with Gasteiger partial charge in [0, 0.05) is 24.2 Å². The van der Waals surface area contributed by atoms with Crippen molar-refractivity contribution < 1.29 is 74.7 Å². The lowest BCUT2D eigenvalue weighted by molar-refractivity contribution is -0.137. The van der Waals surface area contributed by atoms with E-state index in [1.165, 1.54) is 127 Å². The summed E-state index contributed by atoms with van der Waals surface area (Å²) in [7, 11) is 0. The molecule has 0 saturated carbocycles. The molecule has 0 fully saturated rings. The van der Waals surface area contributed by atoms with Crippen LogP contribution < -0.4 is 30.4 Å². The Balaban J connectivity index is 1.17. The number of nitrogen functional groups attached to an aromatic ring is 2. The highest BCUT2D eigenvalue weighted by Crippen LogP contribution is 2.32. The van der Waals surface area contributed by atoms with E-state index in [9.17, 15) is 55.7 Å². The molecular weight excluding hydrogens is 891 g/mol. The fourth-order valence-electron chi connectivity index (χ4n) is 6.24. The van der Waals surface area contributed by atoms with E-state index in [4.69, 9.17) is 30.4 Å². The van der Waals surface area contributed by atoms with Gasteiger partial charge in [0.15, 0.2) is 11.6 Å². The number of hydrogen-bond donors (Lipinski definition) is 4. The Morgan fingerprint density at radius 2 is 0.910 bits per heavy atom. The van der Waals surface area contributed by atoms with Crippen molar-refractivity contribution in [1.29, 1.82) is 0 Å². The summed E-state index contributed by atoms with van der Waals surface area (Å²) < 4.78 is 95.3. The molecule has 0 amide bonds. The summed E-state index contributed by atoms with van der Waals surface area (Å²) in [6, 6.07) is 27.2. The molecule has 0 spiro atoms. The minimum Gasteiger partial charge on any atom is -0.494 e. The molecule has 0 radical (unpaired) electrons. The van der Waals surface area contributed by atoms with Crippen molar-refractivity contribution in [2.75, 3.05) is 24.7 Å². The first-order valence-electron chi connectivity index (χ1n) is 20.4. The van der Waals surface area contributed by atoms with Crippen molar-refractivity contribution in [2.24, 2.45) is 0 Å². The molecule has 0 aliphatic carbocycles. The second-order valence-electron chi connectivity index (χ2n) is 14.9. The Morgan fingerprint density at radius 3 is 1.27 bits per heavy atom. The molecule has 67 heavy (non-hydrogen) atoms. The molecule has 2 unspecified atom stereocenters. The monoisotopic (exact) mass is 934 g/mol. The van der Waals surface area contributed by atoms with Crippen molar-refractivity contribution >= 4 is 47.0 Å². The van der Waals surface area contributed by atoms with Gasteiger partial charge in [0.1, 0.15) is 35.2 Å². The fraction of sp³-hybridized carbons (Fsp3) is 0.224. The van der Waals surface area contributed by atoms with Gasteiger partial charge in [0.25, 0.3) is 0 Å². The Kier molecular flexibility index (Phi) is 17.5. The van der Waals surface area contributed by atoms with E-state index in [0.717, 1.165) is 12.2 Å². The number of hydrogen-bond acceptors (Lipinski definition) is 12. The van der Waals surface area contributed by atoms with Crippen LogP contribution in [0.1, 0.15) is 69.0 Å². The maximum atomic E-state index is 13.4. The zero-order chi connectivity index (χ0) is 48.7. The smallest absolute Gasteiger partial charge is 0.389 e. The van der Waals surface area contributed by atoms with E-state index >= 15 is 0 Å². The SMILES string of the molecule is Nc1ccc(C(C(O)C(=O)/C=C/c2ccc(C(=O)Oc3ccc(OCCCC(F)(F)F)cc3)cc2)C(O)C(=O)/C=C/c2ccc(C(=O)Oc3ccc(OCCCC(F)(F)F)cc3)cc2)c(N)c1. The molecule has 0 aliphatic heterocycles. The van der Waals surface area contributed by atoms with E-state index in [-0.39, 0.29) is 65.6 Å². The van der Waals surface area contributed by atoms with Crippen LogP contribution in [0.4, 0.5) is 37.7 Å². The van der Waals surface area contributed by atoms with Gasteiger partial charge in [0.05, 0.1) is 30.3 Å². The van der Waals surface area contributed by atoms with Gasteiger partial charge < -0.3 is 40.6 Å². The van der Waals surface area contributed by atoms with E-state index in [0.29, 0.717) is 22.6 Å². The fourth-order valence-corrected chi connectivity index (χ4v) is 6.24. The number of aliphatic hydroxyl groups is 2. The Labute approximate surface area is 380 Å². The predicted octanol–water partition coefficient (Wildman–Crippen LogP) is 9.10. The van der Waals surface area contributed by atoms with Crippen LogP contribution in [0.3, 0.4) is 0 Å². The molecule has 0 saturated heterocycles. The Bertz CT molecular complexity index is 2370. The number of carbonyl (C=O) groups is 4. The first-order chi connectivity index (χ1) is 31.7. The van der Waals surface area contributed by atoms with Crippen molar-refractivity contribution in [3.63, 3.8) is 0 Å². The summed E-state index contributed by atoms with van der Waals surface area (Å²) in [5.74, 6) is -3.92. The zero-order valence-corrected chi connectivity index (χ0v) is 35.3. The molecule has 0 bridgehead atoms. The van der Waals surface area contributed by atoms with Crippen LogP contribution in [-0.4, -0.2) is 71.5 Å². The summed E-state index contributed by atoms with van der Waals surface area (Å²) in [5, 5.41) is 22.6. The van der Waals surface area contributed by atoms with Crippen molar-refractivity contribution in [2.45, 2.75) is 56.2 Å². The summed E-state index contributed by atoms with van der Waals surface area (Å²) >= 11 is 0. The molecular formula is C49H44F6N2O10. The Morgan fingerprint density at radius 1 is 0.537 bits per heavy atom. The van der Waals surface area contributed by atoms with Crippen molar-refractivity contribution in [3.8, 4) is 23.0 Å². The number of nitrogens with two attached hydrogens (primary N) is 2. The highest BCUT2D eigenvalue weighted by atomic mass is 19.4. The van der Waals surface area contributed by atoms with Gasteiger partial charge in [0.2, 0.25) is 0 Å². The number of benzene rings is 5. The lowest BCUT2D eigenvalue weighted by Crippen LogP contribution is -2.39. The number of aliphatic hydroxyl groups excluding tert-OH is 2. The van der Waals surface area contributed by atoms with Gasteiger partial charge in [-0.3, -0.25) is 9.59 Å². The molecule has 0 heterocycles. The lowest BCUT2D eigenvalue weighted by Gasteiger charge is -2.26. The normalized spacial score (nSPS) is 13.2. The first-order valence-corrected chi connectivity index (χ1v) is 20.4. The van der Waals surface area contributed by atoms with Gasteiger partial charge in [-0.15, -0.1) is 0 Å². The summed E-state index contributed by atoms with van der Waals surface area (Å²) in [6.45, 7) is -0.287. The number of rotatable bonds is 21. The van der Waals surface area contributed by atoms with Crippen molar-refractivity contribution in [1.82, 2.24) is 0 Å². The molecule has 18 heteroatoms. The van der Waals surface area contributed by atoms with Gasteiger partial charge in [-0.2, -0.15) is 26.3 Å². The van der Waals surface area contributed by atoms with E-state index < -0.39 is 66.8 Å². The zero-order valence-electron chi connectivity index (χ0n) is 35.3. The maximum Gasteiger partial charge on any atom is 0.389 e. The topological polar surface area (TPSA) is 198 Å². The average Bonchev–Trinajstić information content (AvgIpc) is 3.29. The van der Waals surface area contributed by atoms with Crippen LogP contribution >= 0.6 is 0 Å². The van der Waals surface area contributed by atoms with Crippen LogP contribution in [0.15, 0.2) is 127 Å². The molecule has 352 valence electrons. The van der Waals surface area contributed by atoms with Gasteiger partial charge >= 0.3 is 24.3 Å². The Hall–Kier alpha value is -7.44. The highest BCUT2D eigenvalue weighted by Gasteiger charge is 2.37. The largest absolute Gasteiger partial charge is 0.494 e. The maximum absolute atomic E-state index is 13.4. The number of carbonyl (C=O) groups excluding carboxylic acids is 4. The highest BCUT2D eigenvalue weighted by molar-refractivity contribution is 6.01. The third-order valence-corrected chi connectivity index (χ3v) is 9.72. The summed E-state index contributed by atoms with van der Waals surface area (Å²) in [5.41, 5.74) is 13.5. The number of esters is 2. The molecule has 5 aromatic rings. The molecule has 6 N–H and O–H groups in total. The van der Waals surface area contributed by atoms with E-state index in [1.807, 2.05) is 0 Å². The molecule has 12 nitrogen and oxygen atoms in total. The number of halogens is 6. The minimum atomic E-state index is -4.28. The van der Waals surface area contributed by atoms with Gasteiger partial charge in [-0.25, -0.2) is 9.59 Å². The van der Waals surface area contributed by atoms with E-state index in [1.54, 1.807) is 0 Å². The third kappa shape index (κ3) is 16.2. The lowest BCUT2D eigenvalue weighted by atomic mass is 9.83. The van der Waals surface area contributed by atoms with E-state index in [2.05, 4.69) is 0 Å². The third-order valence-electron chi connectivity index (χ3n) is 9.72. The van der Waals surface area contributed by atoms with Gasteiger partial charge in [-0.1, -0.05) is 42.5 Å². The van der Waals surface area contributed by atoms with Crippen LogP contribution in [0, 0.1) is 0 Å². The van der Waals surface area contributed by atoms with Crippen LogP contribution in [0.5, 0.6) is 23.0 Å². The number of ether oxygens (including phenoxy) is 4. The molecule has 0 aromatic heterocycles. The first kappa shape index (κ1) is 50.6. The minimum absolute atomic E-state index is 0.00474. The quantitative estimate of drug-likeness (QED) is 0.0136. The van der Waals surface area contributed by atoms with Crippen molar-refractivity contribution in [3.05, 3.63) is 155 Å². The second-order valence-corrected chi connectivity index (χ2v) is 14.9. The average molecular weight is 935 g/mol.